The summed E-state index contributed by atoms with van der Waals surface area (Å²) in [5, 5.41) is 11.4. The van der Waals surface area contributed by atoms with E-state index in [4.69, 9.17) is 14.8 Å². The molecule has 0 saturated heterocycles. The molecule has 1 heterocycles. The number of hydrogen-bond donors (Lipinski definition) is 2. The average Bonchev–Trinajstić information content (AvgIpc) is 3.16. The molecule has 0 radical (unpaired) electrons. The van der Waals surface area contributed by atoms with E-state index < -0.39 is 18.4 Å². The zero-order chi connectivity index (χ0) is 21.8. The third-order valence-corrected chi connectivity index (χ3v) is 4.95. The van der Waals surface area contributed by atoms with Gasteiger partial charge in [-0.2, -0.15) is 0 Å². The second-order valence-electron chi connectivity index (χ2n) is 6.96. The second-order valence-corrected chi connectivity index (χ2v) is 6.96. The first-order chi connectivity index (χ1) is 15.1. The molecule has 7 nitrogen and oxygen atoms in total. The van der Waals surface area contributed by atoms with E-state index >= 15 is 0 Å². The third-order valence-electron chi connectivity index (χ3n) is 4.95. The summed E-state index contributed by atoms with van der Waals surface area (Å²) in [4.78, 5) is 28.6. The molecule has 1 aromatic heterocycles. The van der Waals surface area contributed by atoms with Gasteiger partial charge in [0.1, 0.15) is 29.2 Å². The molecule has 0 aliphatic heterocycles. The minimum absolute atomic E-state index is 0.213. The zero-order valence-electron chi connectivity index (χ0n) is 16.9. The Balaban J connectivity index is 1.92. The number of rotatable bonds is 7. The summed E-state index contributed by atoms with van der Waals surface area (Å²) in [6.07, 6.45) is 0. The molecule has 156 valence electrons. The number of carboxylic acids is 1. The summed E-state index contributed by atoms with van der Waals surface area (Å²) in [6.45, 7) is 0.0682. The van der Waals surface area contributed by atoms with Crippen molar-refractivity contribution >= 4 is 22.9 Å². The predicted molar refractivity (Wildman–Crippen MR) is 117 cm³/mol. The molecule has 0 fully saturated rings. The highest BCUT2D eigenvalue weighted by atomic mass is 16.5. The standard InChI is InChI=1S/C24H21N3O4/c1-31-19-13-12-18-22(21(19)24(30)25-14-20(28)29)26-23(17-10-6-3-7-11-17)27(18)15-16-8-4-2-5-9-16/h2-13H,14-15H2,1H3,(H,25,30)(H,28,29). The molecule has 0 bridgehead atoms. The van der Waals surface area contributed by atoms with Gasteiger partial charge < -0.3 is 19.7 Å². The average molecular weight is 415 g/mol. The van der Waals surface area contributed by atoms with Gasteiger partial charge in [0.05, 0.1) is 12.6 Å². The fourth-order valence-corrected chi connectivity index (χ4v) is 3.54. The molecule has 0 aliphatic carbocycles. The highest BCUT2D eigenvalue weighted by Crippen LogP contribution is 2.32. The van der Waals surface area contributed by atoms with Gasteiger partial charge in [-0.05, 0) is 17.7 Å². The molecule has 0 unspecified atom stereocenters. The van der Waals surface area contributed by atoms with Crippen LogP contribution in [0.3, 0.4) is 0 Å². The number of ether oxygens (including phenoxy) is 1. The minimum atomic E-state index is -1.13. The summed E-state index contributed by atoms with van der Waals surface area (Å²) in [5.74, 6) is -0.632. The number of fused-ring (bicyclic) bond motifs is 1. The number of carbonyl (C=O) groups is 2. The molecule has 4 rings (SSSR count). The second kappa shape index (κ2) is 8.71. The van der Waals surface area contributed by atoms with E-state index in [1.54, 1.807) is 6.07 Å². The topological polar surface area (TPSA) is 93.5 Å². The Kier molecular flexibility index (Phi) is 5.66. The van der Waals surface area contributed by atoms with E-state index in [-0.39, 0.29) is 5.56 Å². The van der Waals surface area contributed by atoms with Crippen molar-refractivity contribution in [1.82, 2.24) is 14.9 Å². The fourth-order valence-electron chi connectivity index (χ4n) is 3.54. The molecule has 31 heavy (non-hydrogen) atoms. The molecule has 0 atom stereocenters. The molecule has 0 aliphatic rings. The van der Waals surface area contributed by atoms with Crippen LogP contribution in [0, 0.1) is 0 Å². The molecule has 2 N–H and O–H groups in total. The van der Waals surface area contributed by atoms with Crippen molar-refractivity contribution in [1.29, 1.82) is 0 Å². The lowest BCUT2D eigenvalue weighted by atomic mass is 10.1. The SMILES string of the molecule is COc1ccc2c(nc(-c3ccccc3)n2Cc2ccccc2)c1C(=O)NCC(=O)O. The maximum absolute atomic E-state index is 12.9. The normalized spacial score (nSPS) is 10.7. The van der Waals surface area contributed by atoms with E-state index in [0.717, 1.165) is 16.6 Å². The smallest absolute Gasteiger partial charge is 0.322 e. The first kappa shape index (κ1) is 20.2. The Bertz CT molecular complexity index is 1230. The number of aliphatic carboxylic acids is 1. The van der Waals surface area contributed by atoms with E-state index in [9.17, 15) is 9.59 Å². The number of benzene rings is 3. The van der Waals surface area contributed by atoms with Gasteiger partial charge in [-0.25, -0.2) is 4.98 Å². The minimum Gasteiger partial charge on any atom is -0.496 e. The summed E-state index contributed by atoms with van der Waals surface area (Å²) in [5.41, 5.74) is 3.42. The van der Waals surface area contributed by atoms with Crippen LogP contribution in [0.1, 0.15) is 15.9 Å². The summed E-state index contributed by atoms with van der Waals surface area (Å²) in [6, 6.07) is 23.3. The van der Waals surface area contributed by atoms with E-state index in [1.165, 1.54) is 7.11 Å². The maximum Gasteiger partial charge on any atom is 0.322 e. The van der Waals surface area contributed by atoms with Gasteiger partial charge in [0.2, 0.25) is 0 Å². The number of amides is 1. The molecule has 3 aromatic carbocycles. The van der Waals surface area contributed by atoms with Crippen LogP contribution in [-0.4, -0.2) is 40.2 Å². The van der Waals surface area contributed by atoms with Crippen molar-refractivity contribution in [2.75, 3.05) is 13.7 Å². The van der Waals surface area contributed by atoms with Crippen LogP contribution in [0.15, 0.2) is 72.8 Å². The van der Waals surface area contributed by atoms with Crippen LogP contribution in [0.5, 0.6) is 5.75 Å². The van der Waals surface area contributed by atoms with Gasteiger partial charge >= 0.3 is 5.97 Å². The van der Waals surface area contributed by atoms with Crippen LogP contribution < -0.4 is 10.1 Å². The first-order valence-electron chi connectivity index (χ1n) is 9.75. The van der Waals surface area contributed by atoms with Gasteiger partial charge in [0.25, 0.3) is 5.91 Å². The fraction of sp³-hybridized carbons (Fsp3) is 0.125. The van der Waals surface area contributed by atoms with Crippen LogP contribution >= 0.6 is 0 Å². The molecule has 0 spiro atoms. The molecular weight excluding hydrogens is 394 g/mol. The van der Waals surface area contributed by atoms with Crippen molar-refractivity contribution in [3.8, 4) is 17.1 Å². The third kappa shape index (κ3) is 4.11. The molecule has 0 saturated carbocycles. The van der Waals surface area contributed by atoms with Crippen LogP contribution in [-0.2, 0) is 11.3 Å². The number of carbonyl (C=O) groups excluding carboxylic acids is 1. The highest BCUT2D eigenvalue weighted by Gasteiger charge is 2.23. The Hall–Kier alpha value is -4.13. The molecule has 1 amide bonds. The maximum atomic E-state index is 12.9. The molecule has 7 heteroatoms. The largest absolute Gasteiger partial charge is 0.496 e. The van der Waals surface area contributed by atoms with E-state index in [1.807, 2.05) is 71.3 Å². The van der Waals surface area contributed by atoms with Crippen molar-refractivity contribution in [3.05, 3.63) is 83.9 Å². The number of nitrogens with zero attached hydrogens (tertiary/aromatic N) is 2. The Labute approximate surface area is 178 Å². The first-order valence-corrected chi connectivity index (χ1v) is 9.75. The van der Waals surface area contributed by atoms with Gasteiger partial charge in [-0.15, -0.1) is 0 Å². The van der Waals surface area contributed by atoms with Crippen LogP contribution in [0.4, 0.5) is 0 Å². The number of nitrogens with one attached hydrogen (secondary N) is 1. The lowest BCUT2D eigenvalue weighted by Gasteiger charge is -2.11. The van der Waals surface area contributed by atoms with Gasteiger partial charge in [-0.1, -0.05) is 60.7 Å². The number of aromatic nitrogens is 2. The zero-order valence-corrected chi connectivity index (χ0v) is 16.9. The quantitative estimate of drug-likeness (QED) is 0.481. The molecular formula is C24H21N3O4. The molecule has 4 aromatic rings. The van der Waals surface area contributed by atoms with E-state index in [0.29, 0.717) is 23.6 Å². The van der Waals surface area contributed by atoms with Gasteiger partial charge in [0.15, 0.2) is 0 Å². The predicted octanol–water partition coefficient (Wildman–Crippen LogP) is 3.57. The van der Waals surface area contributed by atoms with Crippen LogP contribution in [0.25, 0.3) is 22.4 Å². The number of hydrogen-bond acceptors (Lipinski definition) is 4. The van der Waals surface area contributed by atoms with Gasteiger partial charge in [-0.3, -0.25) is 9.59 Å². The number of imidazole rings is 1. The Morgan fingerprint density at radius 1 is 1.00 bits per heavy atom. The lowest BCUT2D eigenvalue weighted by Crippen LogP contribution is -2.29. The van der Waals surface area contributed by atoms with Crippen molar-refractivity contribution in [2.24, 2.45) is 0 Å². The lowest BCUT2D eigenvalue weighted by molar-refractivity contribution is -0.135. The number of carboxylic acid groups (broad SMARTS) is 1. The Morgan fingerprint density at radius 3 is 2.32 bits per heavy atom. The van der Waals surface area contributed by atoms with Crippen molar-refractivity contribution in [3.63, 3.8) is 0 Å². The highest BCUT2D eigenvalue weighted by molar-refractivity contribution is 6.08. The summed E-state index contributed by atoms with van der Waals surface area (Å²) in [7, 11) is 1.47. The summed E-state index contributed by atoms with van der Waals surface area (Å²) >= 11 is 0. The Morgan fingerprint density at radius 2 is 1.68 bits per heavy atom. The van der Waals surface area contributed by atoms with Crippen molar-refractivity contribution < 1.29 is 19.4 Å². The van der Waals surface area contributed by atoms with E-state index in [2.05, 4.69) is 5.32 Å². The van der Waals surface area contributed by atoms with Gasteiger partial charge in [0, 0.05) is 12.1 Å². The number of methoxy groups -OCH3 is 1. The summed E-state index contributed by atoms with van der Waals surface area (Å²) < 4.78 is 7.45. The monoisotopic (exact) mass is 415 g/mol. The van der Waals surface area contributed by atoms with Crippen LogP contribution in [0.2, 0.25) is 0 Å². The van der Waals surface area contributed by atoms with Crippen molar-refractivity contribution in [2.45, 2.75) is 6.54 Å².